The van der Waals surface area contributed by atoms with Crippen LogP contribution >= 0.6 is 0 Å². The van der Waals surface area contributed by atoms with Crippen molar-refractivity contribution in [1.29, 1.82) is 0 Å². The summed E-state index contributed by atoms with van der Waals surface area (Å²) >= 11 is 0. The molecule has 1 saturated carbocycles. The van der Waals surface area contributed by atoms with E-state index in [1.165, 1.54) is 30.2 Å². The molecule has 3 nitrogen and oxygen atoms in total. The summed E-state index contributed by atoms with van der Waals surface area (Å²) in [5, 5.41) is 5.60. The van der Waals surface area contributed by atoms with Crippen molar-refractivity contribution in [3.63, 3.8) is 0 Å². The lowest BCUT2D eigenvalue weighted by atomic mass is 9.85. The number of aromatic nitrogens is 2. The molecule has 0 saturated heterocycles. The maximum atomic E-state index is 5.79. The normalized spacial score (nSPS) is 16.8. The molecule has 3 rings (SSSR count). The zero-order valence-electron chi connectivity index (χ0n) is 8.69. The topological polar surface area (TPSA) is 43.8 Å². The van der Waals surface area contributed by atoms with Crippen molar-refractivity contribution in [2.45, 2.75) is 25.8 Å². The fourth-order valence-electron chi connectivity index (χ4n) is 2.15. The summed E-state index contributed by atoms with van der Waals surface area (Å²) in [5.41, 5.74) is 7.77. The van der Waals surface area contributed by atoms with Crippen molar-refractivity contribution in [1.82, 2.24) is 9.78 Å². The van der Waals surface area contributed by atoms with Gasteiger partial charge in [0.15, 0.2) is 0 Å². The number of anilines is 1. The van der Waals surface area contributed by atoms with Crippen LogP contribution in [-0.4, -0.2) is 9.78 Å². The van der Waals surface area contributed by atoms with Crippen molar-refractivity contribution in [3.8, 4) is 0 Å². The van der Waals surface area contributed by atoms with Gasteiger partial charge in [0.1, 0.15) is 0 Å². The van der Waals surface area contributed by atoms with Gasteiger partial charge in [0.2, 0.25) is 0 Å². The molecule has 2 aromatic rings. The lowest BCUT2D eigenvalue weighted by Crippen LogP contribution is -2.18. The summed E-state index contributed by atoms with van der Waals surface area (Å²) < 4.78 is 2.09. The van der Waals surface area contributed by atoms with E-state index in [9.17, 15) is 0 Å². The maximum absolute atomic E-state index is 5.79. The molecule has 1 aromatic heterocycles. The summed E-state index contributed by atoms with van der Waals surface area (Å²) in [5.74, 6) is 0.828. The first-order valence-corrected chi connectivity index (χ1v) is 5.54. The molecule has 0 atom stereocenters. The Morgan fingerprint density at radius 1 is 1.40 bits per heavy atom. The molecule has 2 N–H and O–H groups in total. The molecule has 3 heteroatoms. The fraction of sp³-hybridized carbons (Fsp3) is 0.417. The third-order valence-corrected chi connectivity index (χ3v) is 3.32. The Kier molecular flexibility index (Phi) is 1.91. The van der Waals surface area contributed by atoms with Crippen LogP contribution in [0.1, 0.15) is 19.3 Å². The lowest BCUT2D eigenvalue weighted by molar-refractivity contribution is 0.270. The largest absolute Gasteiger partial charge is 0.399 e. The van der Waals surface area contributed by atoms with Gasteiger partial charge in [-0.1, -0.05) is 6.42 Å². The average Bonchev–Trinajstić information content (AvgIpc) is 2.54. The van der Waals surface area contributed by atoms with Gasteiger partial charge in [-0.05, 0) is 37.0 Å². The van der Waals surface area contributed by atoms with Gasteiger partial charge in [-0.2, -0.15) is 5.10 Å². The number of hydrogen-bond acceptors (Lipinski definition) is 2. The second-order valence-electron chi connectivity index (χ2n) is 4.44. The highest BCUT2D eigenvalue weighted by Gasteiger charge is 2.18. The van der Waals surface area contributed by atoms with Crippen LogP contribution in [0.4, 0.5) is 5.69 Å². The zero-order chi connectivity index (χ0) is 10.3. The molecule has 0 radical (unpaired) electrons. The van der Waals surface area contributed by atoms with Gasteiger partial charge in [-0.25, -0.2) is 0 Å². The van der Waals surface area contributed by atoms with E-state index in [1.807, 2.05) is 24.4 Å². The van der Waals surface area contributed by atoms with Crippen LogP contribution in [0.2, 0.25) is 0 Å². The Balaban J connectivity index is 1.98. The van der Waals surface area contributed by atoms with E-state index in [1.54, 1.807) is 0 Å². The highest BCUT2D eigenvalue weighted by Crippen LogP contribution is 2.29. The zero-order valence-corrected chi connectivity index (χ0v) is 8.69. The van der Waals surface area contributed by atoms with E-state index in [2.05, 4.69) is 9.78 Å². The van der Waals surface area contributed by atoms with Gasteiger partial charge in [0.05, 0.1) is 11.7 Å². The summed E-state index contributed by atoms with van der Waals surface area (Å²) in [6.07, 6.45) is 6.01. The van der Waals surface area contributed by atoms with E-state index in [-0.39, 0.29) is 0 Å². The first-order chi connectivity index (χ1) is 7.33. The predicted octanol–water partition coefficient (Wildman–Crippen LogP) is 2.42. The van der Waals surface area contributed by atoms with Crippen molar-refractivity contribution < 1.29 is 0 Å². The SMILES string of the molecule is Nc1ccc2cnn(CC3CCC3)c2c1. The molecular formula is C12H15N3. The Morgan fingerprint density at radius 3 is 3.00 bits per heavy atom. The second-order valence-corrected chi connectivity index (χ2v) is 4.44. The molecule has 78 valence electrons. The monoisotopic (exact) mass is 201 g/mol. The molecule has 1 aromatic carbocycles. The average molecular weight is 201 g/mol. The summed E-state index contributed by atoms with van der Waals surface area (Å²) in [7, 11) is 0. The van der Waals surface area contributed by atoms with Gasteiger partial charge in [-0.15, -0.1) is 0 Å². The summed E-state index contributed by atoms with van der Waals surface area (Å²) in [4.78, 5) is 0. The standard InChI is InChI=1S/C12H15N3/c13-11-5-4-10-7-14-15(12(10)6-11)8-9-2-1-3-9/h4-7,9H,1-3,8,13H2. The van der Waals surface area contributed by atoms with E-state index in [0.29, 0.717) is 0 Å². The third kappa shape index (κ3) is 1.48. The van der Waals surface area contributed by atoms with E-state index < -0.39 is 0 Å². The molecule has 0 unspecified atom stereocenters. The number of rotatable bonds is 2. The van der Waals surface area contributed by atoms with Crippen LogP contribution in [0, 0.1) is 5.92 Å². The van der Waals surface area contributed by atoms with Crippen LogP contribution in [-0.2, 0) is 6.54 Å². The Hall–Kier alpha value is -1.51. The quantitative estimate of drug-likeness (QED) is 0.758. The van der Waals surface area contributed by atoms with E-state index >= 15 is 0 Å². The van der Waals surface area contributed by atoms with Crippen molar-refractivity contribution in [2.75, 3.05) is 5.73 Å². The molecular weight excluding hydrogens is 186 g/mol. The Labute approximate surface area is 88.9 Å². The van der Waals surface area contributed by atoms with Crippen LogP contribution in [0.25, 0.3) is 10.9 Å². The minimum atomic E-state index is 0.817. The number of nitrogens with two attached hydrogens (primary N) is 1. The number of hydrogen-bond donors (Lipinski definition) is 1. The smallest absolute Gasteiger partial charge is 0.0702 e. The van der Waals surface area contributed by atoms with Gasteiger partial charge < -0.3 is 5.73 Å². The van der Waals surface area contributed by atoms with Crippen LogP contribution < -0.4 is 5.73 Å². The molecule has 1 aliphatic carbocycles. The minimum Gasteiger partial charge on any atom is -0.399 e. The summed E-state index contributed by atoms with van der Waals surface area (Å²) in [6.45, 7) is 1.05. The molecule has 0 bridgehead atoms. The second kappa shape index (κ2) is 3.26. The van der Waals surface area contributed by atoms with Crippen molar-refractivity contribution in [2.24, 2.45) is 5.92 Å². The minimum absolute atomic E-state index is 0.817. The molecule has 0 amide bonds. The van der Waals surface area contributed by atoms with Crippen LogP contribution in [0.15, 0.2) is 24.4 Å². The Bertz CT molecular complexity index is 483. The van der Waals surface area contributed by atoms with Gasteiger partial charge in [0, 0.05) is 17.6 Å². The molecule has 0 spiro atoms. The number of nitrogen functional groups attached to an aromatic ring is 1. The number of nitrogens with zero attached hydrogens (tertiary/aromatic N) is 2. The van der Waals surface area contributed by atoms with Crippen LogP contribution in [0.5, 0.6) is 0 Å². The van der Waals surface area contributed by atoms with Crippen molar-refractivity contribution >= 4 is 16.6 Å². The van der Waals surface area contributed by atoms with Gasteiger partial charge >= 0.3 is 0 Å². The highest BCUT2D eigenvalue weighted by molar-refractivity contribution is 5.81. The fourth-order valence-corrected chi connectivity index (χ4v) is 2.15. The third-order valence-electron chi connectivity index (χ3n) is 3.32. The predicted molar refractivity (Wildman–Crippen MR) is 61.5 cm³/mol. The molecule has 1 heterocycles. The molecule has 15 heavy (non-hydrogen) atoms. The number of fused-ring (bicyclic) bond motifs is 1. The molecule has 1 fully saturated rings. The Morgan fingerprint density at radius 2 is 2.27 bits per heavy atom. The van der Waals surface area contributed by atoms with Crippen LogP contribution in [0.3, 0.4) is 0 Å². The van der Waals surface area contributed by atoms with Gasteiger partial charge in [0.25, 0.3) is 0 Å². The molecule has 1 aliphatic rings. The van der Waals surface area contributed by atoms with Crippen molar-refractivity contribution in [3.05, 3.63) is 24.4 Å². The molecule has 0 aliphatic heterocycles. The van der Waals surface area contributed by atoms with E-state index in [0.717, 1.165) is 18.2 Å². The lowest BCUT2D eigenvalue weighted by Gasteiger charge is -2.25. The first kappa shape index (κ1) is 8.77. The highest BCUT2D eigenvalue weighted by atomic mass is 15.3. The summed E-state index contributed by atoms with van der Waals surface area (Å²) in [6, 6.07) is 5.98. The first-order valence-electron chi connectivity index (χ1n) is 5.54. The maximum Gasteiger partial charge on any atom is 0.0702 e. The number of benzene rings is 1. The van der Waals surface area contributed by atoms with E-state index in [4.69, 9.17) is 5.73 Å². The van der Waals surface area contributed by atoms with Gasteiger partial charge in [-0.3, -0.25) is 4.68 Å².